The van der Waals surface area contributed by atoms with Crippen molar-refractivity contribution in [2.24, 2.45) is 0 Å². The Bertz CT molecular complexity index is 592. The molecule has 0 aliphatic carbocycles. The van der Waals surface area contributed by atoms with Crippen LogP contribution >= 0.6 is 11.6 Å². The second-order valence-corrected chi connectivity index (χ2v) is 5.48. The third-order valence-corrected chi connectivity index (χ3v) is 3.71. The smallest absolute Gasteiger partial charge is 0.220 e. The lowest BCUT2D eigenvalue weighted by molar-refractivity contribution is -0.121. The molecule has 0 unspecified atom stereocenters. The molecule has 0 heterocycles. The largest absolute Gasteiger partial charge is 0.352 e. The highest BCUT2D eigenvalue weighted by Gasteiger charge is 2.03. The fourth-order valence-electron chi connectivity index (χ4n) is 2.12. The van der Waals surface area contributed by atoms with E-state index in [1.54, 1.807) is 0 Å². The van der Waals surface area contributed by atoms with Crippen LogP contribution in [0, 0.1) is 6.92 Å². The Kier molecular flexibility index (Phi) is 5.82. The van der Waals surface area contributed by atoms with Crippen LogP contribution in [0.2, 0.25) is 0 Å². The van der Waals surface area contributed by atoms with E-state index in [0.29, 0.717) is 18.8 Å². The van der Waals surface area contributed by atoms with E-state index in [1.165, 1.54) is 11.1 Å². The Morgan fingerprint density at radius 1 is 1.05 bits per heavy atom. The monoisotopic (exact) mass is 301 g/mol. The lowest BCUT2D eigenvalue weighted by atomic mass is 10.1. The number of hydrogen-bond acceptors (Lipinski definition) is 1. The molecule has 0 saturated heterocycles. The average molecular weight is 302 g/mol. The molecule has 0 radical (unpaired) electrons. The first-order valence-electron chi connectivity index (χ1n) is 7.13. The number of carbonyl (C=O) groups is 1. The summed E-state index contributed by atoms with van der Waals surface area (Å²) in [4.78, 5) is 11.9. The average Bonchev–Trinajstić information content (AvgIpc) is 2.52. The molecule has 0 spiro atoms. The van der Waals surface area contributed by atoms with Gasteiger partial charge in [0.25, 0.3) is 0 Å². The van der Waals surface area contributed by atoms with Crippen LogP contribution in [0.5, 0.6) is 0 Å². The molecule has 21 heavy (non-hydrogen) atoms. The van der Waals surface area contributed by atoms with Crippen molar-refractivity contribution in [3.63, 3.8) is 0 Å². The topological polar surface area (TPSA) is 29.1 Å². The number of carbonyl (C=O) groups excluding carboxylic acids is 1. The number of aryl methyl sites for hydroxylation is 2. The summed E-state index contributed by atoms with van der Waals surface area (Å²) in [5.41, 5.74) is 4.59. The van der Waals surface area contributed by atoms with E-state index in [-0.39, 0.29) is 5.91 Å². The zero-order valence-corrected chi connectivity index (χ0v) is 13.0. The number of benzene rings is 2. The predicted octanol–water partition coefficient (Wildman–Crippen LogP) is 3.98. The lowest BCUT2D eigenvalue weighted by Gasteiger charge is -2.07. The minimum Gasteiger partial charge on any atom is -0.352 e. The third kappa shape index (κ3) is 5.24. The molecule has 0 aliphatic rings. The second-order valence-electron chi connectivity index (χ2n) is 5.22. The molecular formula is C18H20ClNO. The van der Waals surface area contributed by atoms with Crippen LogP contribution in [0.4, 0.5) is 0 Å². The molecule has 110 valence electrons. The molecule has 1 amide bonds. The van der Waals surface area contributed by atoms with Crippen molar-refractivity contribution in [1.29, 1.82) is 0 Å². The van der Waals surface area contributed by atoms with Gasteiger partial charge in [0.05, 0.1) is 0 Å². The molecule has 2 nitrogen and oxygen atoms in total. The summed E-state index contributed by atoms with van der Waals surface area (Å²) < 4.78 is 0. The minimum atomic E-state index is 0.0758. The van der Waals surface area contributed by atoms with Crippen molar-refractivity contribution in [2.75, 3.05) is 0 Å². The van der Waals surface area contributed by atoms with Gasteiger partial charge in [-0.15, -0.1) is 11.6 Å². The Balaban J connectivity index is 1.78. The first-order chi connectivity index (χ1) is 10.2. The van der Waals surface area contributed by atoms with Crippen LogP contribution in [0.25, 0.3) is 0 Å². The Hall–Kier alpha value is -1.80. The van der Waals surface area contributed by atoms with Gasteiger partial charge in [0.15, 0.2) is 0 Å². The van der Waals surface area contributed by atoms with Crippen LogP contribution in [0.15, 0.2) is 48.5 Å². The molecule has 1 N–H and O–H groups in total. The molecule has 0 aromatic heterocycles. The van der Waals surface area contributed by atoms with Crippen molar-refractivity contribution in [3.8, 4) is 0 Å². The van der Waals surface area contributed by atoms with Crippen LogP contribution in [0.1, 0.15) is 28.7 Å². The van der Waals surface area contributed by atoms with E-state index < -0.39 is 0 Å². The maximum absolute atomic E-state index is 11.9. The first-order valence-corrected chi connectivity index (χ1v) is 7.67. The summed E-state index contributed by atoms with van der Waals surface area (Å²) >= 11 is 5.80. The van der Waals surface area contributed by atoms with Gasteiger partial charge in [-0.2, -0.15) is 0 Å². The molecule has 2 aromatic rings. The van der Waals surface area contributed by atoms with Crippen molar-refractivity contribution in [1.82, 2.24) is 5.32 Å². The van der Waals surface area contributed by atoms with Gasteiger partial charge in [-0.1, -0.05) is 54.1 Å². The molecule has 0 atom stereocenters. The van der Waals surface area contributed by atoms with Gasteiger partial charge >= 0.3 is 0 Å². The number of amides is 1. The van der Waals surface area contributed by atoms with Gasteiger partial charge in [0.2, 0.25) is 5.91 Å². The van der Waals surface area contributed by atoms with Crippen molar-refractivity contribution >= 4 is 17.5 Å². The number of halogens is 1. The van der Waals surface area contributed by atoms with E-state index >= 15 is 0 Å². The Morgan fingerprint density at radius 3 is 2.48 bits per heavy atom. The van der Waals surface area contributed by atoms with Gasteiger partial charge in [-0.25, -0.2) is 0 Å². The summed E-state index contributed by atoms with van der Waals surface area (Å²) in [5, 5.41) is 2.95. The van der Waals surface area contributed by atoms with Crippen LogP contribution in [0.3, 0.4) is 0 Å². The second kappa shape index (κ2) is 7.84. The predicted molar refractivity (Wildman–Crippen MR) is 87.3 cm³/mol. The molecule has 0 saturated carbocycles. The van der Waals surface area contributed by atoms with Crippen molar-refractivity contribution < 1.29 is 4.79 Å². The molecule has 0 aliphatic heterocycles. The fraction of sp³-hybridized carbons (Fsp3) is 0.278. The summed E-state index contributed by atoms with van der Waals surface area (Å²) in [6.45, 7) is 2.61. The number of rotatable bonds is 6. The maximum atomic E-state index is 11.9. The van der Waals surface area contributed by atoms with E-state index in [0.717, 1.165) is 17.5 Å². The molecule has 2 aromatic carbocycles. The van der Waals surface area contributed by atoms with Gasteiger partial charge in [-0.3, -0.25) is 4.79 Å². The molecule has 3 heteroatoms. The summed E-state index contributed by atoms with van der Waals surface area (Å²) in [6, 6.07) is 16.3. The zero-order valence-electron chi connectivity index (χ0n) is 12.2. The Labute approximate surface area is 131 Å². The van der Waals surface area contributed by atoms with E-state index in [4.69, 9.17) is 11.6 Å². The molecule has 0 bridgehead atoms. The zero-order chi connectivity index (χ0) is 15.1. The van der Waals surface area contributed by atoms with Crippen molar-refractivity contribution in [3.05, 3.63) is 70.8 Å². The van der Waals surface area contributed by atoms with Crippen LogP contribution in [-0.4, -0.2) is 5.91 Å². The summed E-state index contributed by atoms with van der Waals surface area (Å²) in [6.07, 6.45) is 1.28. The normalized spacial score (nSPS) is 10.4. The standard InChI is InChI=1S/C18H20ClNO/c1-14-5-7-15(8-6-14)9-10-18(21)20-13-17-4-2-3-16(11-17)12-19/h2-8,11H,9-10,12-13H2,1H3,(H,20,21). The van der Waals surface area contributed by atoms with Crippen LogP contribution in [-0.2, 0) is 23.6 Å². The van der Waals surface area contributed by atoms with Gasteiger partial charge < -0.3 is 5.32 Å². The van der Waals surface area contributed by atoms with Crippen molar-refractivity contribution in [2.45, 2.75) is 32.2 Å². The molecule has 2 rings (SSSR count). The van der Waals surface area contributed by atoms with Gasteiger partial charge in [0.1, 0.15) is 0 Å². The fourth-order valence-corrected chi connectivity index (χ4v) is 2.29. The highest BCUT2D eigenvalue weighted by Crippen LogP contribution is 2.08. The molecular weight excluding hydrogens is 282 g/mol. The minimum absolute atomic E-state index is 0.0758. The lowest BCUT2D eigenvalue weighted by Crippen LogP contribution is -2.23. The van der Waals surface area contributed by atoms with E-state index in [1.807, 2.05) is 24.3 Å². The number of nitrogens with one attached hydrogen (secondary N) is 1. The quantitative estimate of drug-likeness (QED) is 0.803. The van der Waals surface area contributed by atoms with Gasteiger partial charge in [0, 0.05) is 18.8 Å². The number of hydrogen-bond donors (Lipinski definition) is 1. The SMILES string of the molecule is Cc1ccc(CCC(=O)NCc2cccc(CCl)c2)cc1. The van der Waals surface area contributed by atoms with Gasteiger partial charge in [-0.05, 0) is 30.0 Å². The van der Waals surface area contributed by atoms with E-state index in [9.17, 15) is 4.79 Å². The van der Waals surface area contributed by atoms with Crippen LogP contribution < -0.4 is 5.32 Å². The number of alkyl halides is 1. The molecule has 0 fully saturated rings. The van der Waals surface area contributed by atoms with E-state index in [2.05, 4.69) is 36.5 Å². The highest BCUT2D eigenvalue weighted by atomic mass is 35.5. The summed E-state index contributed by atoms with van der Waals surface area (Å²) in [7, 11) is 0. The third-order valence-electron chi connectivity index (χ3n) is 3.40. The summed E-state index contributed by atoms with van der Waals surface area (Å²) in [5.74, 6) is 0.571. The Morgan fingerprint density at radius 2 is 1.76 bits per heavy atom. The highest BCUT2D eigenvalue weighted by molar-refractivity contribution is 6.17. The maximum Gasteiger partial charge on any atom is 0.220 e. The first kappa shape index (κ1) is 15.6.